The molecule has 1 aliphatic rings. The molecule has 5 heteroatoms. The molecule has 0 radical (unpaired) electrons. The molecule has 0 spiro atoms. The van der Waals surface area contributed by atoms with Crippen LogP contribution in [-0.2, 0) is 11.2 Å². The number of methoxy groups -OCH3 is 1. The van der Waals surface area contributed by atoms with Crippen LogP contribution < -0.4 is 15.4 Å². The zero-order valence-corrected chi connectivity index (χ0v) is 17.9. The van der Waals surface area contributed by atoms with E-state index in [1.807, 2.05) is 13.1 Å². The van der Waals surface area contributed by atoms with E-state index in [2.05, 4.69) is 55.5 Å². The minimum Gasteiger partial charge on any atom is -0.496 e. The SMILES string of the molecule is CN=C(NCCc1cc(C)ccc1OC)NCC1CCCOC1C(C)(C)C. The van der Waals surface area contributed by atoms with Crippen molar-refractivity contribution in [1.82, 2.24) is 10.6 Å². The molecule has 5 nitrogen and oxygen atoms in total. The van der Waals surface area contributed by atoms with Crippen molar-refractivity contribution in [2.24, 2.45) is 16.3 Å². The van der Waals surface area contributed by atoms with Crippen molar-refractivity contribution >= 4 is 5.96 Å². The number of nitrogens with one attached hydrogen (secondary N) is 2. The van der Waals surface area contributed by atoms with Crippen molar-refractivity contribution in [3.8, 4) is 5.75 Å². The first-order chi connectivity index (χ1) is 12.8. The van der Waals surface area contributed by atoms with Gasteiger partial charge in [0.25, 0.3) is 0 Å². The van der Waals surface area contributed by atoms with Gasteiger partial charge in [-0.25, -0.2) is 0 Å². The highest BCUT2D eigenvalue weighted by Crippen LogP contribution is 2.33. The number of ether oxygens (including phenoxy) is 2. The average molecular weight is 376 g/mol. The number of rotatable bonds is 6. The normalized spacial score (nSPS) is 21.0. The van der Waals surface area contributed by atoms with Crippen LogP contribution in [0.5, 0.6) is 5.75 Å². The quantitative estimate of drug-likeness (QED) is 0.590. The number of nitrogens with zero attached hydrogens (tertiary/aromatic N) is 1. The Bertz CT molecular complexity index is 622. The van der Waals surface area contributed by atoms with Crippen LogP contribution in [0.4, 0.5) is 0 Å². The summed E-state index contributed by atoms with van der Waals surface area (Å²) in [5, 5.41) is 6.92. The van der Waals surface area contributed by atoms with Crippen LogP contribution in [0, 0.1) is 18.3 Å². The highest BCUT2D eigenvalue weighted by atomic mass is 16.5. The van der Waals surface area contributed by atoms with E-state index in [1.54, 1.807) is 7.11 Å². The van der Waals surface area contributed by atoms with Gasteiger partial charge in [-0.05, 0) is 43.2 Å². The van der Waals surface area contributed by atoms with Crippen molar-refractivity contribution in [1.29, 1.82) is 0 Å². The smallest absolute Gasteiger partial charge is 0.190 e. The van der Waals surface area contributed by atoms with E-state index >= 15 is 0 Å². The minimum absolute atomic E-state index is 0.158. The number of aliphatic imine (C=N–C) groups is 1. The molecule has 2 atom stereocenters. The number of hydrogen-bond donors (Lipinski definition) is 2. The molecule has 2 rings (SSSR count). The fourth-order valence-electron chi connectivity index (χ4n) is 3.88. The lowest BCUT2D eigenvalue weighted by atomic mass is 9.78. The summed E-state index contributed by atoms with van der Waals surface area (Å²) in [5.41, 5.74) is 2.62. The fourth-order valence-corrected chi connectivity index (χ4v) is 3.88. The Morgan fingerprint density at radius 1 is 1.30 bits per heavy atom. The molecule has 1 fully saturated rings. The lowest BCUT2D eigenvalue weighted by Crippen LogP contribution is -2.47. The van der Waals surface area contributed by atoms with Crippen molar-refractivity contribution in [2.75, 3.05) is 33.9 Å². The molecule has 0 amide bonds. The third-order valence-electron chi connectivity index (χ3n) is 5.18. The zero-order chi connectivity index (χ0) is 19.9. The highest BCUT2D eigenvalue weighted by Gasteiger charge is 2.35. The Balaban J connectivity index is 1.85. The molecule has 0 aromatic heterocycles. The lowest BCUT2D eigenvalue weighted by molar-refractivity contribution is -0.0835. The maximum absolute atomic E-state index is 6.08. The van der Waals surface area contributed by atoms with Gasteiger partial charge >= 0.3 is 0 Å². The van der Waals surface area contributed by atoms with Gasteiger partial charge in [-0.2, -0.15) is 0 Å². The van der Waals surface area contributed by atoms with Crippen LogP contribution in [-0.4, -0.2) is 45.9 Å². The van der Waals surface area contributed by atoms with Gasteiger partial charge < -0.3 is 20.1 Å². The van der Waals surface area contributed by atoms with E-state index in [0.29, 0.717) is 5.92 Å². The van der Waals surface area contributed by atoms with E-state index < -0.39 is 0 Å². The Morgan fingerprint density at radius 3 is 2.74 bits per heavy atom. The van der Waals surface area contributed by atoms with Gasteiger partial charge in [0.05, 0.1) is 13.2 Å². The predicted octanol–water partition coefficient (Wildman–Crippen LogP) is 3.55. The molecular formula is C22H37N3O2. The predicted molar refractivity (Wildman–Crippen MR) is 113 cm³/mol. The maximum atomic E-state index is 6.08. The van der Waals surface area contributed by atoms with E-state index in [-0.39, 0.29) is 11.5 Å². The molecule has 1 aromatic carbocycles. The van der Waals surface area contributed by atoms with Crippen LogP contribution in [0.2, 0.25) is 0 Å². The fraction of sp³-hybridized carbons (Fsp3) is 0.682. The summed E-state index contributed by atoms with van der Waals surface area (Å²) in [6.45, 7) is 11.5. The number of hydrogen-bond acceptors (Lipinski definition) is 3. The van der Waals surface area contributed by atoms with Crippen LogP contribution in [0.1, 0.15) is 44.7 Å². The first-order valence-electron chi connectivity index (χ1n) is 10.0. The molecule has 0 aliphatic carbocycles. The molecule has 27 heavy (non-hydrogen) atoms. The van der Waals surface area contributed by atoms with Crippen molar-refractivity contribution in [2.45, 2.75) is 53.1 Å². The van der Waals surface area contributed by atoms with Gasteiger partial charge in [0.1, 0.15) is 5.75 Å². The van der Waals surface area contributed by atoms with Gasteiger partial charge in [-0.1, -0.05) is 38.5 Å². The van der Waals surface area contributed by atoms with Gasteiger partial charge in [0, 0.05) is 32.7 Å². The van der Waals surface area contributed by atoms with Crippen molar-refractivity contribution in [3.63, 3.8) is 0 Å². The van der Waals surface area contributed by atoms with Crippen LogP contribution in [0.15, 0.2) is 23.2 Å². The Kier molecular flexibility index (Phi) is 7.96. The first kappa shape index (κ1) is 21.5. The highest BCUT2D eigenvalue weighted by molar-refractivity contribution is 5.79. The third-order valence-corrected chi connectivity index (χ3v) is 5.18. The molecule has 152 valence electrons. The Labute approximate surface area is 164 Å². The molecule has 1 saturated heterocycles. The first-order valence-corrected chi connectivity index (χ1v) is 10.0. The van der Waals surface area contributed by atoms with Gasteiger partial charge in [0.15, 0.2) is 5.96 Å². The van der Waals surface area contributed by atoms with Crippen LogP contribution >= 0.6 is 0 Å². The summed E-state index contributed by atoms with van der Waals surface area (Å²) in [4.78, 5) is 4.37. The summed E-state index contributed by atoms with van der Waals surface area (Å²) in [5.74, 6) is 2.30. The lowest BCUT2D eigenvalue weighted by Gasteiger charge is -2.40. The number of benzene rings is 1. The topological polar surface area (TPSA) is 54.9 Å². The molecule has 1 aromatic rings. The second-order valence-electron chi connectivity index (χ2n) is 8.50. The van der Waals surface area contributed by atoms with Crippen LogP contribution in [0.25, 0.3) is 0 Å². The van der Waals surface area contributed by atoms with Gasteiger partial charge in [0.2, 0.25) is 0 Å². The van der Waals surface area contributed by atoms with E-state index in [4.69, 9.17) is 9.47 Å². The second-order valence-corrected chi connectivity index (χ2v) is 8.50. The summed E-state index contributed by atoms with van der Waals surface area (Å²) < 4.78 is 11.5. The Morgan fingerprint density at radius 2 is 2.07 bits per heavy atom. The van der Waals surface area contributed by atoms with Crippen molar-refractivity contribution < 1.29 is 9.47 Å². The standard InChI is InChI=1S/C22H37N3O2/c1-16-9-10-19(26-6)17(14-16)11-12-24-21(23-5)25-15-18-8-7-13-27-20(18)22(2,3)4/h9-10,14,18,20H,7-8,11-13,15H2,1-6H3,(H2,23,24,25). The maximum Gasteiger partial charge on any atom is 0.190 e. The Hall–Kier alpha value is -1.75. The second kappa shape index (κ2) is 9.98. The minimum atomic E-state index is 0.158. The van der Waals surface area contributed by atoms with E-state index in [1.165, 1.54) is 17.5 Å². The van der Waals surface area contributed by atoms with Gasteiger partial charge in [-0.3, -0.25) is 4.99 Å². The molecular weight excluding hydrogens is 338 g/mol. The van der Waals surface area contributed by atoms with E-state index in [0.717, 1.165) is 44.2 Å². The largest absolute Gasteiger partial charge is 0.496 e. The monoisotopic (exact) mass is 375 g/mol. The zero-order valence-electron chi connectivity index (χ0n) is 17.9. The van der Waals surface area contributed by atoms with Crippen LogP contribution in [0.3, 0.4) is 0 Å². The van der Waals surface area contributed by atoms with Gasteiger partial charge in [-0.15, -0.1) is 0 Å². The third kappa shape index (κ3) is 6.42. The summed E-state index contributed by atoms with van der Waals surface area (Å²) in [6.07, 6.45) is 3.51. The molecule has 1 heterocycles. The van der Waals surface area contributed by atoms with Crippen molar-refractivity contribution in [3.05, 3.63) is 29.3 Å². The average Bonchev–Trinajstić information content (AvgIpc) is 2.64. The molecule has 1 aliphatic heterocycles. The summed E-state index contributed by atoms with van der Waals surface area (Å²) in [6, 6.07) is 6.30. The van der Waals surface area contributed by atoms with E-state index in [9.17, 15) is 0 Å². The molecule has 0 bridgehead atoms. The molecule has 0 saturated carbocycles. The number of aryl methyl sites for hydroxylation is 1. The molecule has 2 N–H and O–H groups in total. The summed E-state index contributed by atoms with van der Waals surface area (Å²) in [7, 11) is 3.54. The molecule has 2 unspecified atom stereocenters. The number of guanidine groups is 1. The summed E-state index contributed by atoms with van der Waals surface area (Å²) >= 11 is 0.